The van der Waals surface area contributed by atoms with E-state index >= 15 is 0 Å². The molecule has 4 rings (SSSR count). The van der Waals surface area contributed by atoms with Gasteiger partial charge in [0, 0.05) is 37.9 Å². The topological polar surface area (TPSA) is 88.8 Å². The van der Waals surface area contributed by atoms with Crippen LogP contribution in [0.2, 0.25) is 0 Å². The van der Waals surface area contributed by atoms with E-state index in [-0.39, 0.29) is 12.3 Å². The summed E-state index contributed by atoms with van der Waals surface area (Å²) < 4.78 is 34.4. The number of amides is 1. The molecule has 2 N–H and O–H groups in total. The molecule has 0 unspecified atom stereocenters. The molecule has 1 amide bonds. The van der Waals surface area contributed by atoms with Crippen LogP contribution < -0.4 is 10.1 Å². The molecule has 1 saturated carbocycles. The number of anilines is 1. The van der Waals surface area contributed by atoms with E-state index in [4.69, 9.17) is 9.72 Å². The van der Waals surface area contributed by atoms with Crippen LogP contribution in [0.25, 0.3) is 5.65 Å². The van der Waals surface area contributed by atoms with Gasteiger partial charge in [-0.1, -0.05) is 6.07 Å². The highest BCUT2D eigenvalue weighted by Crippen LogP contribution is 2.36. The normalized spacial score (nSPS) is 19.2. The fraction of sp³-hybridized carbons (Fsp3) is 0.435. The van der Waals surface area contributed by atoms with Crippen molar-refractivity contribution in [1.82, 2.24) is 14.4 Å². The third kappa shape index (κ3) is 4.57. The Bertz CT molecular complexity index is 1120. The predicted molar refractivity (Wildman–Crippen MR) is 115 cm³/mol. The van der Waals surface area contributed by atoms with Gasteiger partial charge in [0.1, 0.15) is 28.5 Å². The van der Waals surface area contributed by atoms with Gasteiger partial charge in [-0.05, 0) is 43.7 Å². The van der Waals surface area contributed by atoms with Crippen LogP contribution in [-0.4, -0.2) is 39.1 Å². The summed E-state index contributed by atoms with van der Waals surface area (Å²) in [5.41, 5.74) is 1.45. The number of hydrogen-bond donors (Lipinski definition) is 2. The molecule has 1 aliphatic rings. The number of aliphatic hydroxyl groups excluding tert-OH is 1. The molecule has 0 aliphatic heterocycles. The number of imidazole rings is 1. The summed E-state index contributed by atoms with van der Waals surface area (Å²) in [4.78, 5) is 21.2. The lowest BCUT2D eigenvalue weighted by Crippen LogP contribution is -2.18. The first kappa shape index (κ1) is 22.1. The Morgan fingerprint density at radius 1 is 1.25 bits per heavy atom. The van der Waals surface area contributed by atoms with Crippen LogP contribution in [-0.2, 0) is 5.92 Å². The van der Waals surface area contributed by atoms with Crippen molar-refractivity contribution in [2.45, 2.75) is 44.4 Å². The van der Waals surface area contributed by atoms with Crippen LogP contribution in [0.5, 0.6) is 5.75 Å². The van der Waals surface area contributed by atoms with Gasteiger partial charge in [0.15, 0.2) is 0 Å². The lowest BCUT2D eigenvalue weighted by Gasteiger charge is -2.25. The van der Waals surface area contributed by atoms with Gasteiger partial charge < -0.3 is 19.6 Å². The highest BCUT2D eigenvalue weighted by atomic mass is 19.3. The number of aliphatic hydroxyl groups is 1. The Kier molecular flexibility index (Phi) is 6.10. The second-order valence-corrected chi connectivity index (χ2v) is 8.34. The van der Waals surface area contributed by atoms with Crippen LogP contribution >= 0.6 is 0 Å². The Balaban J connectivity index is 1.58. The van der Waals surface area contributed by atoms with E-state index in [1.807, 2.05) is 10.6 Å². The van der Waals surface area contributed by atoms with Gasteiger partial charge in [-0.15, -0.1) is 0 Å². The van der Waals surface area contributed by atoms with E-state index in [1.54, 1.807) is 12.3 Å². The van der Waals surface area contributed by atoms with Crippen LogP contribution in [0.15, 0.2) is 36.7 Å². The molecule has 1 fully saturated rings. The van der Waals surface area contributed by atoms with Crippen molar-refractivity contribution in [3.8, 4) is 5.75 Å². The molecule has 0 saturated heterocycles. The second kappa shape index (κ2) is 8.82. The number of ether oxygens (including phenoxy) is 1. The minimum Gasteiger partial charge on any atom is -0.494 e. The Morgan fingerprint density at radius 2 is 2.00 bits per heavy atom. The second-order valence-electron chi connectivity index (χ2n) is 8.34. The van der Waals surface area contributed by atoms with Crippen molar-refractivity contribution in [3.05, 3.63) is 53.7 Å². The van der Waals surface area contributed by atoms with Crippen molar-refractivity contribution in [2.75, 3.05) is 19.0 Å². The van der Waals surface area contributed by atoms with Gasteiger partial charge in [0.05, 0.1) is 12.8 Å². The Labute approximate surface area is 184 Å². The number of alkyl halides is 2. The largest absolute Gasteiger partial charge is 0.494 e. The van der Waals surface area contributed by atoms with Gasteiger partial charge in [-0.3, -0.25) is 4.79 Å². The molecule has 1 aliphatic carbocycles. The first-order valence-corrected chi connectivity index (χ1v) is 10.6. The standard InChI is InChI=1S/C23H26F2N4O3/c1-23(24,25)20-5-3-4-16(26-20)22(31)28-18-12-29-11-17(27-21(29)10-19(18)32-2)15-8-6-14(13-30)7-9-15/h3-5,10-12,14-15,30H,6-9,13H2,1-2H3,(H,28,31). The SMILES string of the molecule is COc1cc2nc(C3CCC(CO)CC3)cn2cc1NC(=O)c1cccc(C(C)(F)F)n1. The lowest BCUT2D eigenvalue weighted by atomic mass is 9.81. The van der Waals surface area contributed by atoms with E-state index in [0.717, 1.165) is 38.3 Å². The van der Waals surface area contributed by atoms with E-state index < -0.39 is 17.5 Å². The fourth-order valence-corrected chi connectivity index (χ4v) is 4.13. The highest BCUT2D eigenvalue weighted by Gasteiger charge is 2.27. The maximum atomic E-state index is 13.6. The smallest absolute Gasteiger partial charge is 0.287 e. The molecule has 3 aromatic heterocycles. The quantitative estimate of drug-likeness (QED) is 0.590. The zero-order valence-corrected chi connectivity index (χ0v) is 18.0. The van der Waals surface area contributed by atoms with Crippen LogP contribution in [0.4, 0.5) is 14.5 Å². The highest BCUT2D eigenvalue weighted by molar-refractivity contribution is 6.03. The number of carbonyl (C=O) groups excluding carboxylic acids is 1. The van der Waals surface area contributed by atoms with Crippen LogP contribution in [0.1, 0.15) is 60.4 Å². The van der Waals surface area contributed by atoms with Gasteiger partial charge in [0.25, 0.3) is 11.8 Å². The van der Waals surface area contributed by atoms with Crippen molar-refractivity contribution in [2.24, 2.45) is 5.92 Å². The number of aromatic nitrogens is 3. The van der Waals surface area contributed by atoms with Gasteiger partial charge >= 0.3 is 0 Å². The molecule has 3 aromatic rings. The van der Waals surface area contributed by atoms with Crippen molar-refractivity contribution in [1.29, 1.82) is 0 Å². The van der Waals surface area contributed by atoms with Gasteiger partial charge in [-0.2, -0.15) is 8.78 Å². The van der Waals surface area contributed by atoms with Crippen molar-refractivity contribution < 1.29 is 23.4 Å². The number of nitrogens with zero attached hydrogens (tertiary/aromatic N) is 3. The van der Waals surface area contributed by atoms with Crippen LogP contribution in [0, 0.1) is 5.92 Å². The summed E-state index contributed by atoms with van der Waals surface area (Å²) in [7, 11) is 1.48. The number of rotatable bonds is 6. The van der Waals surface area contributed by atoms with E-state index in [9.17, 15) is 18.7 Å². The first-order chi connectivity index (χ1) is 15.3. The molecule has 170 valence electrons. The summed E-state index contributed by atoms with van der Waals surface area (Å²) in [5.74, 6) is -2.66. The number of nitrogens with one attached hydrogen (secondary N) is 1. The number of pyridine rings is 2. The molecule has 0 atom stereocenters. The van der Waals surface area contributed by atoms with Crippen molar-refractivity contribution >= 4 is 17.2 Å². The Morgan fingerprint density at radius 3 is 2.66 bits per heavy atom. The third-order valence-electron chi connectivity index (χ3n) is 6.00. The maximum Gasteiger partial charge on any atom is 0.287 e. The number of halogens is 2. The van der Waals surface area contributed by atoms with Gasteiger partial charge in [-0.25, -0.2) is 9.97 Å². The summed E-state index contributed by atoms with van der Waals surface area (Å²) in [6, 6.07) is 5.67. The summed E-state index contributed by atoms with van der Waals surface area (Å²) in [6.07, 6.45) is 7.52. The Hall–Kier alpha value is -3.07. The molecule has 3 heterocycles. The average Bonchev–Trinajstić information content (AvgIpc) is 3.21. The summed E-state index contributed by atoms with van der Waals surface area (Å²) >= 11 is 0. The molecule has 0 aromatic carbocycles. The molecule has 7 nitrogen and oxygen atoms in total. The fourth-order valence-electron chi connectivity index (χ4n) is 4.13. The molecule has 0 spiro atoms. The first-order valence-electron chi connectivity index (χ1n) is 10.6. The summed E-state index contributed by atoms with van der Waals surface area (Å²) in [5, 5.41) is 12.1. The monoisotopic (exact) mass is 444 g/mol. The zero-order valence-electron chi connectivity index (χ0n) is 18.0. The molecule has 0 bridgehead atoms. The third-order valence-corrected chi connectivity index (χ3v) is 6.00. The molecule has 9 heteroatoms. The minimum absolute atomic E-state index is 0.113. The number of methoxy groups -OCH3 is 1. The van der Waals surface area contributed by atoms with E-state index in [2.05, 4.69) is 10.3 Å². The minimum atomic E-state index is -3.14. The zero-order chi connectivity index (χ0) is 22.9. The summed E-state index contributed by atoms with van der Waals surface area (Å²) in [6.45, 7) is 0.965. The van der Waals surface area contributed by atoms with E-state index in [0.29, 0.717) is 28.9 Å². The number of fused-ring (bicyclic) bond motifs is 1. The van der Waals surface area contributed by atoms with Crippen molar-refractivity contribution in [3.63, 3.8) is 0 Å². The lowest BCUT2D eigenvalue weighted by molar-refractivity contribution is 0.0126. The molecule has 32 heavy (non-hydrogen) atoms. The average molecular weight is 444 g/mol. The molecule has 0 radical (unpaired) electrons. The maximum absolute atomic E-state index is 13.6. The number of carbonyl (C=O) groups is 1. The van der Waals surface area contributed by atoms with E-state index in [1.165, 1.54) is 25.3 Å². The predicted octanol–water partition coefficient (Wildman–Crippen LogP) is 4.37. The number of hydrogen-bond acceptors (Lipinski definition) is 5. The molecular formula is C23H26F2N4O3. The molecular weight excluding hydrogens is 418 g/mol. The van der Waals surface area contributed by atoms with Crippen LogP contribution in [0.3, 0.4) is 0 Å². The van der Waals surface area contributed by atoms with Gasteiger partial charge in [0.2, 0.25) is 0 Å².